The van der Waals surface area contributed by atoms with Crippen LogP contribution < -0.4 is 4.74 Å². The molecule has 0 aliphatic heterocycles. The van der Waals surface area contributed by atoms with Crippen molar-refractivity contribution in [1.82, 2.24) is 0 Å². The molecular weight excluding hydrogens is 384 g/mol. The molecule has 0 aliphatic rings. The van der Waals surface area contributed by atoms with Crippen LogP contribution in [0.25, 0.3) is 0 Å². The van der Waals surface area contributed by atoms with E-state index in [9.17, 15) is 18.0 Å². The fourth-order valence-electron chi connectivity index (χ4n) is 1.61. The molecule has 28 heavy (non-hydrogen) atoms. The van der Waals surface area contributed by atoms with Crippen molar-refractivity contribution >= 4 is 22.7 Å². The molecule has 0 bridgehead atoms. The monoisotopic (exact) mass is 418 g/mol. The quantitative estimate of drug-likeness (QED) is 0.597. The molecule has 0 heterocycles. The maximum atomic E-state index is 10.4. The number of carbonyl (C=O) groups is 2. The van der Waals surface area contributed by atoms with E-state index in [1.165, 1.54) is 18.2 Å². The lowest BCUT2D eigenvalue weighted by molar-refractivity contribution is 0.111. The highest BCUT2D eigenvalue weighted by atomic mass is 32.2. The van der Waals surface area contributed by atoms with Gasteiger partial charge in [0.05, 0.1) is 28.6 Å². The van der Waals surface area contributed by atoms with Gasteiger partial charge in [0.25, 0.3) is 10.1 Å². The number of phenolic OH excluding ortho intramolecular Hbond substituents is 1. The van der Waals surface area contributed by atoms with Gasteiger partial charge in [-0.25, -0.2) is 0 Å². The first-order valence-corrected chi connectivity index (χ1v) is 9.09. The lowest BCUT2D eigenvalue weighted by Crippen LogP contribution is -1.95. The zero-order chi connectivity index (χ0) is 26.0. The third-order valence-corrected chi connectivity index (χ3v) is 3.26. The fourth-order valence-corrected chi connectivity index (χ4v) is 1.61. The summed E-state index contributed by atoms with van der Waals surface area (Å²) in [6.45, 7) is 3.44. The minimum atomic E-state index is -3.84. The number of carbonyl (C=O) groups excluding carboxylic acids is 2. The van der Waals surface area contributed by atoms with Gasteiger partial charge >= 0.3 is 0 Å². The standard InChI is InChI=1S/C9H10O2.C8H8O2.C2H6O3S.CH4/c1-7-5-8(6-10)3-4-9(7)11-2;1-6-4-7(5-9)2-3-8(6)10;1-5-6(2,3)4;/h3-6H,1-2H3;2-5,10H,1H3;1-2H3;1H4/i2D3;;1D3;. The molecule has 2 rings (SSSR count). The zero-order valence-electron chi connectivity index (χ0n) is 20.9. The van der Waals surface area contributed by atoms with Crippen LogP contribution in [0.15, 0.2) is 36.4 Å². The molecule has 0 atom stereocenters. The largest absolute Gasteiger partial charge is 0.508 e. The Labute approximate surface area is 175 Å². The molecule has 0 unspecified atom stereocenters. The number of hydrogen-bond donors (Lipinski definition) is 1. The summed E-state index contributed by atoms with van der Waals surface area (Å²) in [5.41, 5.74) is 2.45. The molecule has 0 radical (unpaired) electrons. The SMILES string of the molecule is C.Cc1cc(C=O)ccc1O.[2H]C([2H])([2H])OS(C)(=O)=O.[2H]C([2H])([2H])Oc1ccc(C=O)cc1C. The van der Waals surface area contributed by atoms with Gasteiger partial charge < -0.3 is 9.84 Å². The van der Waals surface area contributed by atoms with Gasteiger partial charge in [-0.05, 0) is 61.4 Å². The van der Waals surface area contributed by atoms with Crippen LogP contribution in [0.3, 0.4) is 0 Å². The third-order valence-electron chi connectivity index (χ3n) is 2.95. The second-order valence-electron chi connectivity index (χ2n) is 5.20. The number of aryl methyl sites for hydroxylation is 2. The molecule has 2 aromatic rings. The average molecular weight is 419 g/mol. The highest BCUT2D eigenvalue weighted by Crippen LogP contribution is 2.17. The summed E-state index contributed by atoms with van der Waals surface area (Å²) < 4.78 is 68.1. The number of aldehydes is 2. The van der Waals surface area contributed by atoms with E-state index in [1.807, 2.05) is 0 Å². The maximum absolute atomic E-state index is 10.4. The first kappa shape index (κ1) is 17.4. The summed E-state index contributed by atoms with van der Waals surface area (Å²) in [6, 6.07) is 9.30. The molecule has 0 spiro atoms. The van der Waals surface area contributed by atoms with Crippen molar-refractivity contribution in [3.63, 3.8) is 0 Å². The molecule has 0 aromatic heterocycles. The summed E-state index contributed by atoms with van der Waals surface area (Å²) in [6.07, 6.45) is 2.14. The number of ether oxygens (including phenoxy) is 1. The van der Waals surface area contributed by atoms with E-state index in [0.717, 1.165) is 11.8 Å². The van der Waals surface area contributed by atoms with Gasteiger partial charge in [-0.3, -0.25) is 13.8 Å². The van der Waals surface area contributed by atoms with Gasteiger partial charge in [0, 0.05) is 11.1 Å². The van der Waals surface area contributed by atoms with E-state index in [2.05, 4.69) is 4.18 Å². The van der Waals surface area contributed by atoms with E-state index in [1.54, 1.807) is 32.0 Å². The van der Waals surface area contributed by atoms with Crippen LogP contribution in [-0.2, 0) is 14.3 Å². The molecule has 8 heteroatoms. The van der Waals surface area contributed by atoms with Crippen LogP contribution in [0.2, 0.25) is 0 Å². The highest BCUT2D eigenvalue weighted by molar-refractivity contribution is 7.85. The van der Waals surface area contributed by atoms with Gasteiger partial charge in [0.15, 0.2) is 0 Å². The number of phenols is 1. The second kappa shape index (κ2) is 13.5. The molecule has 0 saturated carbocycles. The summed E-state index contributed by atoms with van der Waals surface area (Å²) in [4.78, 5) is 20.6. The van der Waals surface area contributed by atoms with Gasteiger partial charge in [-0.2, -0.15) is 8.42 Å². The van der Waals surface area contributed by atoms with E-state index in [4.69, 9.17) is 18.1 Å². The second-order valence-corrected chi connectivity index (χ2v) is 6.77. The molecule has 0 saturated heterocycles. The first-order chi connectivity index (χ1) is 14.9. The van der Waals surface area contributed by atoms with Crippen LogP contribution in [0.1, 0.15) is 47.5 Å². The Morgan fingerprint density at radius 3 is 1.86 bits per heavy atom. The van der Waals surface area contributed by atoms with Gasteiger partial charge in [0.1, 0.15) is 24.1 Å². The molecule has 0 amide bonds. The average Bonchev–Trinajstić information content (AvgIpc) is 2.62. The molecule has 0 aliphatic carbocycles. The van der Waals surface area contributed by atoms with E-state index < -0.39 is 24.2 Å². The van der Waals surface area contributed by atoms with Gasteiger partial charge in [-0.1, -0.05) is 7.43 Å². The molecule has 2 aromatic carbocycles. The van der Waals surface area contributed by atoms with Crippen LogP contribution >= 0.6 is 0 Å². The Hall–Kier alpha value is -2.71. The van der Waals surface area contributed by atoms with Crippen molar-refractivity contribution in [3.05, 3.63) is 58.7 Å². The highest BCUT2D eigenvalue weighted by Gasteiger charge is 1.97. The maximum Gasteiger partial charge on any atom is 0.264 e. The predicted molar refractivity (Wildman–Crippen MR) is 110 cm³/mol. The van der Waals surface area contributed by atoms with Gasteiger partial charge in [0.2, 0.25) is 0 Å². The normalized spacial score (nSPS) is 13.5. The van der Waals surface area contributed by atoms with Crippen LogP contribution in [0.5, 0.6) is 11.5 Å². The Morgan fingerprint density at radius 1 is 0.964 bits per heavy atom. The number of benzene rings is 2. The number of aromatic hydroxyl groups is 1. The van der Waals surface area contributed by atoms with Crippen LogP contribution in [0.4, 0.5) is 0 Å². The predicted octanol–water partition coefficient (Wildman–Crippen LogP) is 3.56. The van der Waals surface area contributed by atoms with Crippen molar-refractivity contribution in [2.45, 2.75) is 21.3 Å². The smallest absolute Gasteiger partial charge is 0.264 e. The van der Waals surface area contributed by atoms with Crippen molar-refractivity contribution in [1.29, 1.82) is 0 Å². The Morgan fingerprint density at radius 2 is 1.50 bits per heavy atom. The van der Waals surface area contributed by atoms with Crippen LogP contribution in [0, 0.1) is 13.8 Å². The van der Waals surface area contributed by atoms with E-state index >= 15 is 0 Å². The van der Waals surface area contributed by atoms with Crippen molar-refractivity contribution in [2.75, 3.05) is 20.3 Å². The lowest BCUT2D eigenvalue weighted by Gasteiger charge is -2.03. The van der Waals surface area contributed by atoms with Gasteiger partial charge in [-0.15, -0.1) is 0 Å². The van der Waals surface area contributed by atoms with Crippen molar-refractivity contribution < 1.29 is 40.3 Å². The topological polar surface area (TPSA) is 107 Å². The van der Waals surface area contributed by atoms with E-state index in [-0.39, 0.29) is 18.9 Å². The Kier molecular flexibility index (Phi) is 8.36. The number of rotatable bonds is 4. The summed E-state index contributed by atoms with van der Waals surface area (Å²) >= 11 is 0. The first-order valence-electron chi connectivity index (χ1n) is 10.3. The molecule has 0 fully saturated rings. The fraction of sp³-hybridized carbons (Fsp3) is 0.300. The van der Waals surface area contributed by atoms with Crippen molar-refractivity contribution in [3.8, 4) is 11.5 Å². The summed E-state index contributed by atoms with van der Waals surface area (Å²) in [7, 11) is -9.15. The number of hydrogen-bond acceptors (Lipinski definition) is 7. The zero-order valence-corrected chi connectivity index (χ0v) is 15.7. The lowest BCUT2D eigenvalue weighted by atomic mass is 10.1. The van der Waals surface area contributed by atoms with Crippen LogP contribution in [-0.4, -0.2) is 46.4 Å². The Balaban J connectivity index is 0. The minimum Gasteiger partial charge on any atom is -0.508 e. The third kappa shape index (κ3) is 11.1. The molecule has 156 valence electrons. The molecule has 7 nitrogen and oxygen atoms in total. The molecular formula is C20H28O7S. The molecule has 1 N–H and O–H groups in total. The minimum absolute atomic E-state index is 0. The van der Waals surface area contributed by atoms with Crippen molar-refractivity contribution in [2.24, 2.45) is 0 Å². The summed E-state index contributed by atoms with van der Waals surface area (Å²) in [5.74, 6) is 0.501. The summed E-state index contributed by atoms with van der Waals surface area (Å²) in [5, 5.41) is 9.02. The van der Waals surface area contributed by atoms with E-state index in [0.29, 0.717) is 29.2 Å². The Bertz CT molecular complexity index is 1050. The number of methoxy groups -OCH3 is 1.